The van der Waals surface area contributed by atoms with Crippen LogP contribution in [0.2, 0.25) is 5.02 Å². The zero-order chi connectivity index (χ0) is 12.6. The monoisotopic (exact) mass is 251 g/mol. The Balaban J connectivity index is 2.68. The minimum absolute atomic E-state index is 0.323. The molecule has 0 aliphatic rings. The first-order valence-corrected chi connectivity index (χ1v) is 5.52. The molecule has 0 amide bonds. The van der Waals surface area contributed by atoms with Gasteiger partial charge >= 0.3 is 0 Å². The Morgan fingerprint density at radius 2 is 2.00 bits per heavy atom. The highest BCUT2D eigenvalue weighted by atomic mass is 35.5. The molecule has 2 rings (SSSR count). The zero-order valence-corrected chi connectivity index (χ0v) is 10.3. The number of carbonyl (C=O) groups is 1. The van der Waals surface area contributed by atoms with Crippen molar-refractivity contribution >= 4 is 17.9 Å². The van der Waals surface area contributed by atoms with Gasteiger partial charge in [0.2, 0.25) is 0 Å². The van der Waals surface area contributed by atoms with Crippen LogP contribution in [0.4, 0.5) is 4.39 Å². The number of halogens is 2. The van der Waals surface area contributed by atoms with Crippen molar-refractivity contribution in [1.29, 1.82) is 0 Å². The van der Waals surface area contributed by atoms with Gasteiger partial charge in [0.15, 0.2) is 6.29 Å². The molecule has 2 nitrogen and oxygen atoms in total. The van der Waals surface area contributed by atoms with Crippen LogP contribution in [0.3, 0.4) is 0 Å². The molecule has 0 aliphatic carbocycles. The standard InChI is InChI=1S/C13H11ClFNO/c1-8-5-10(7-17)9(2)16(8)13-4-3-11(15)6-12(13)14/h3-7H,1-2H3. The van der Waals surface area contributed by atoms with Crippen LogP contribution >= 0.6 is 11.6 Å². The van der Waals surface area contributed by atoms with E-state index < -0.39 is 0 Å². The SMILES string of the molecule is Cc1cc(C=O)c(C)n1-c1ccc(F)cc1Cl. The van der Waals surface area contributed by atoms with Crippen LogP contribution in [-0.2, 0) is 0 Å². The van der Waals surface area contributed by atoms with Crippen LogP contribution < -0.4 is 0 Å². The van der Waals surface area contributed by atoms with Gasteiger partial charge in [0, 0.05) is 17.0 Å². The molecule has 0 saturated carbocycles. The van der Waals surface area contributed by atoms with Crippen LogP contribution in [0, 0.1) is 19.7 Å². The predicted octanol–water partition coefficient (Wildman–Crippen LogP) is 3.70. The molecular weight excluding hydrogens is 241 g/mol. The third-order valence-corrected chi connectivity index (χ3v) is 3.05. The summed E-state index contributed by atoms with van der Waals surface area (Å²) >= 11 is 6.01. The Bertz CT molecular complexity index is 589. The summed E-state index contributed by atoms with van der Waals surface area (Å²) in [7, 11) is 0. The van der Waals surface area contributed by atoms with E-state index in [2.05, 4.69) is 0 Å². The number of nitrogens with zero attached hydrogens (tertiary/aromatic N) is 1. The maximum atomic E-state index is 13.0. The van der Waals surface area contributed by atoms with Gasteiger partial charge in [-0.2, -0.15) is 0 Å². The fraction of sp³-hybridized carbons (Fsp3) is 0.154. The predicted molar refractivity (Wildman–Crippen MR) is 65.6 cm³/mol. The molecule has 4 heteroatoms. The van der Waals surface area contributed by atoms with Gasteiger partial charge in [-0.15, -0.1) is 0 Å². The van der Waals surface area contributed by atoms with E-state index in [1.807, 2.05) is 18.4 Å². The van der Waals surface area contributed by atoms with Gasteiger partial charge in [0.25, 0.3) is 0 Å². The maximum Gasteiger partial charge on any atom is 0.151 e. The molecule has 0 unspecified atom stereocenters. The molecule has 2 aromatic rings. The van der Waals surface area contributed by atoms with E-state index in [4.69, 9.17) is 11.6 Å². The highest BCUT2D eigenvalue weighted by Gasteiger charge is 2.12. The average Bonchev–Trinajstić information content (AvgIpc) is 2.55. The van der Waals surface area contributed by atoms with Crippen molar-refractivity contribution in [2.24, 2.45) is 0 Å². The van der Waals surface area contributed by atoms with Gasteiger partial charge in [0.05, 0.1) is 10.7 Å². The van der Waals surface area contributed by atoms with Crippen molar-refractivity contribution in [2.75, 3.05) is 0 Å². The normalized spacial score (nSPS) is 10.6. The molecule has 0 fully saturated rings. The molecule has 0 saturated heterocycles. The number of hydrogen-bond acceptors (Lipinski definition) is 1. The fourth-order valence-corrected chi connectivity index (χ4v) is 2.19. The van der Waals surface area contributed by atoms with Gasteiger partial charge in [-0.3, -0.25) is 4.79 Å². The van der Waals surface area contributed by atoms with Gasteiger partial charge in [-0.1, -0.05) is 11.6 Å². The van der Waals surface area contributed by atoms with E-state index in [1.54, 1.807) is 12.1 Å². The smallest absolute Gasteiger partial charge is 0.151 e. The molecule has 0 N–H and O–H groups in total. The lowest BCUT2D eigenvalue weighted by atomic mass is 10.2. The first-order valence-electron chi connectivity index (χ1n) is 5.14. The molecule has 0 spiro atoms. The number of aryl methyl sites for hydroxylation is 1. The second kappa shape index (κ2) is 4.34. The van der Waals surface area contributed by atoms with Crippen LogP contribution in [0.15, 0.2) is 24.3 Å². The molecule has 0 bridgehead atoms. The number of aromatic nitrogens is 1. The van der Waals surface area contributed by atoms with Crippen molar-refractivity contribution < 1.29 is 9.18 Å². The van der Waals surface area contributed by atoms with Crippen molar-refractivity contribution in [3.8, 4) is 5.69 Å². The topological polar surface area (TPSA) is 22.0 Å². The number of hydrogen-bond donors (Lipinski definition) is 0. The Labute approximate surface area is 104 Å². The van der Waals surface area contributed by atoms with Gasteiger partial charge in [-0.05, 0) is 38.1 Å². The summed E-state index contributed by atoms with van der Waals surface area (Å²) in [4.78, 5) is 10.9. The summed E-state index contributed by atoms with van der Waals surface area (Å²) in [6.07, 6.45) is 0.802. The Kier molecular flexibility index (Phi) is 3.03. The summed E-state index contributed by atoms with van der Waals surface area (Å²) in [6, 6.07) is 5.99. The molecule has 0 aliphatic heterocycles. The molecule has 17 heavy (non-hydrogen) atoms. The van der Waals surface area contributed by atoms with Crippen molar-refractivity contribution in [2.45, 2.75) is 13.8 Å². The number of carbonyl (C=O) groups excluding carboxylic acids is 1. The second-order valence-electron chi connectivity index (χ2n) is 3.88. The summed E-state index contributed by atoms with van der Waals surface area (Å²) in [5.74, 6) is -0.378. The van der Waals surface area contributed by atoms with E-state index in [-0.39, 0.29) is 5.82 Å². The number of rotatable bonds is 2. The number of aldehydes is 1. The Morgan fingerprint density at radius 3 is 2.53 bits per heavy atom. The van der Waals surface area contributed by atoms with Crippen molar-refractivity contribution in [3.05, 3.63) is 52.1 Å². The van der Waals surface area contributed by atoms with E-state index in [0.29, 0.717) is 16.3 Å². The summed E-state index contributed by atoms with van der Waals surface area (Å²) in [5, 5.41) is 0.323. The molecular formula is C13H11ClFNO. The molecule has 88 valence electrons. The molecule has 1 heterocycles. The third kappa shape index (κ3) is 1.98. The molecule has 0 atom stereocenters. The van der Waals surface area contributed by atoms with Crippen LogP contribution in [0.5, 0.6) is 0 Å². The average molecular weight is 252 g/mol. The lowest BCUT2D eigenvalue weighted by molar-refractivity contribution is 0.112. The zero-order valence-electron chi connectivity index (χ0n) is 9.50. The molecule has 1 aromatic carbocycles. The second-order valence-corrected chi connectivity index (χ2v) is 4.28. The quantitative estimate of drug-likeness (QED) is 0.746. The van der Waals surface area contributed by atoms with Crippen LogP contribution in [-0.4, -0.2) is 10.9 Å². The van der Waals surface area contributed by atoms with E-state index in [0.717, 1.165) is 17.7 Å². The van der Waals surface area contributed by atoms with E-state index >= 15 is 0 Å². The highest BCUT2D eigenvalue weighted by molar-refractivity contribution is 6.32. The van der Waals surface area contributed by atoms with Crippen molar-refractivity contribution in [1.82, 2.24) is 4.57 Å². The Morgan fingerprint density at radius 1 is 1.29 bits per heavy atom. The van der Waals surface area contributed by atoms with Crippen molar-refractivity contribution in [3.63, 3.8) is 0 Å². The minimum Gasteiger partial charge on any atom is -0.316 e. The van der Waals surface area contributed by atoms with Crippen LogP contribution in [0.1, 0.15) is 21.7 Å². The Hall–Kier alpha value is -1.61. The molecule has 0 radical (unpaired) electrons. The minimum atomic E-state index is -0.378. The van der Waals surface area contributed by atoms with Gasteiger partial charge in [0.1, 0.15) is 5.82 Å². The lowest BCUT2D eigenvalue weighted by Crippen LogP contribution is -2.00. The van der Waals surface area contributed by atoms with Gasteiger partial charge < -0.3 is 4.57 Å². The van der Waals surface area contributed by atoms with Crippen LogP contribution in [0.25, 0.3) is 5.69 Å². The maximum absolute atomic E-state index is 13.0. The summed E-state index contributed by atoms with van der Waals surface area (Å²) < 4.78 is 14.8. The fourth-order valence-electron chi connectivity index (χ4n) is 1.94. The van der Waals surface area contributed by atoms with Gasteiger partial charge in [-0.25, -0.2) is 4.39 Å². The first kappa shape index (κ1) is 11.9. The summed E-state index contributed by atoms with van der Waals surface area (Å²) in [5.41, 5.74) is 2.98. The number of benzene rings is 1. The largest absolute Gasteiger partial charge is 0.316 e. The lowest BCUT2D eigenvalue weighted by Gasteiger charge is -2.11. The highest BCUT2D eigenvalue weighted by Crippen LogP contribution is 2.26. The molecule has 1 aromatic heterocycles. The van der Waals surface area contributed by atoms with E-state index in [1.165, 1.54) is 12.1 Å². The van der Waals surface area contributed by atoms with E-state index in [9.17, 15) is 9.18 Å². The first-order chi connectivity index (χ1) is 8.04. The summed E-state index contributed by atoms with van der Waals surface area (Å²) in [6.45, 7) is 3.70. The third-order valence-electron chi connectivity index (χ3n) is 2.75.